The minimum atomic E-state index is -5.00. The molecule has 2 N–H and O–H groups in total. The van der Waals surface area contributed by atoms with Crippen molar-refractivity contribution in [2.24, 2.45) is 5.73 Å². The summed E-state index contributed by atoms with van der Waals surface area (Å²) in [5.74, 6) is -1.85. The van der Waals surface area contributed by atoms with Crippen LogP contribution >= 0.6 is 11.6 Å². The predicted octanol–water partition coefficient (Wildman–Crippen LogP) is 3.12. The molecule has 4 nitrogen and oxygen atoms in total. The number of rotatable bonds is 2. The number of nitrogens with two attached hydrogens (primary N) is 1. The maximum Gasteiger partial charge on any atom is 0.456 e. The van der Waals surface area contributed by atoms with Gasteiger partial charge in [0.05, 0.1) is 6.61 Å². The molecular formula is C13H16ClF3N2O2. The van der Waals surface area contributed by atoms with Gasteiger partial charge >= 0.3 is 6.18 Å². The summed E-state index contributed by atoms with van der Waals surface area (Å²) in [6.45, 7) is 6.06. The average Bonchev–Trinajstić information content (AvgIpc) is 2.78. The zero-order valence-corrected chi connectivity index (χ0v) is 12.6. The van der Waals surface area contributed by atoms with E-state index in [1.807, 2.05) is 13.8 Å². The van der Waals surface area contributed by atoms with Crippen LogP contribution in [0.2, 0.25) is 5.15 Å². The van der Waals surface area contributed by atoms with Crippen LogP contribution in [0.5, 0.6) is 5.75 Å². The van der Waals surface area contributed by atoms with Crippen LogP contribution in [0.25, 0.3) is 0 Å². The van der Waals surface area contributed by atoms with Crippen LogP contribution in [0.4, 0.5) is 13.2 Å². The van der Waals surface area contributed by atoms with E-state index in [1.165, 1.54) is 0 Å². The third kappa shape index (κ3) is 3.29. The van der Waals surface area contributed by atoms with Crippen LogP contribution in [0, 0.1) is 0 Å². The maximum atomic E-state index is 12.4. The Bertz CT molecular complexity index is 549. The zero-order chi connectivity index (χ0) is 16.4. The Morgan fingerprint density at radius 2 is 2.10 bits per heavy atom. The first-order valence-electron chi connectivity index (χ1n) is 6.34. The molecule has 1 aromatic heterocycles. The van der Waals surface area contributed by atoms with E-state index < -0.39 is 23.1 Å². The van der Waals surface area contributed by atoms with E-state index in [-0.39, 0.29) is 24.1 Å². The summed E-state index contributed by atoms with van der Waals surface area (Å²) in [5.41, 5.74) is 4.55. The molecule has 1 unspecified atom stereocenters. The van der Waals surface area contributed by atoms with Gasteiger partial charge in [-0.15, -0.1) is 0 Å². The Morgan fingerprint density at radius 3 is 2.57 bits per heavy atom. The minimum Gasteiger partial charge on any atom is -0.489 e. The van der Waals surface area contributed by atoms with E-state index in [2.05, 4.69) is 4.98 Å². The lowest BCUT2D eigenvalue weighted by Gasteiger charge is -2.20. The molecule has 1 aliphatic rings. The Kier molecular flexibility index (Phi) is 5.22. The van der Waals surface area contributed by atoms with Crippen LogP contribution in [0.3, 0.4) is 0 Å². The first-order chi connectivity index (χ1) is 9.69. The Labute approximate surface area is 125 Å². The minimum absolute atomic E-state index is 0.153. The molecule has 1 aliphatic heterocycles. The van der Waals surface area contributed by atoms with Gasteiger partial charge in [0, 0.05) is 17.5 Å². The van der Waals surface area contributed by atoms with E-state index in [0.717, 1.165) is 6.07 Å². The first-order valence-corrected chi connectivity index (χ1v) is 6.72. The number of alkyl halides is 3. The molecule has 0 saturated carbocycles. The van der Waals surface area contributed by atoms with Gasteiger partial charge in [-0.2, -0.15) is 13.2 Å². The summed E-state index contributed by atoms with van der Waals surface area (Å²) in [4.78, 5) is 14.6. The van der Waals surface area contributed by atoms with Gasteiger partial charge in [0.2, 0.25) is 0 Å². The molecular weight excluding hydrogens is 309 g/mol. The van der Waals surface area contributed by atoms with Crippen molar-refractivity contribution >= 4 is 17.4 Å². The monoisotopic (exact) mass is 324 g/mol. The number of hydrogen-bond donors (Lipinski definition) is 1. The average molecular weight is 325 g/mol. The number of nitrogens with zero attached hydrogens (tertiary/aromatic N) is 1. The van der Waals surface area contributed by atoms with Crippen molar-refractivity contribution in [3.8, 4) is 5.75 Å². The molecule has 1 aromatic rings. The van der Waals surface area contributed by atoms with Gasteiger partial charge in [0.25, 0.3) is 5.78 Å². The van der Waals surface area contributed by atoms with Crippen molar-refractivity contribution in [3.63, 3.8) is 0 Å². The number of halogens is 4. The van der Waals surface area contributed by atoms with Crippen LogP contribution in [-0.4, -0.2) is 30.1 Å². The Hall–Kier alpha value is -1.34. The molecule has 2 heterocycles. The number of pyridine rings is 1. The largest absolute Gasteiger partial charge is 0.489 e. The molecule has 0 radical (unpaired) electrons. The number of aromatic nitrogens is 1. The molecule has 0 bridgehead atoms. The third-order valence-electron chi connectivity index (χ3n) is 3.06. The fourth-order valence-electron chi connectivity index (χ4n) is 1.83. The Balaban J connectivity index is 0.00000106. The highest BCUT2D eigenvalue weighted by molar-refractivity contribution is 6.31. The SMILES string of the molecule is CC.CC1(CN)COc2c1cc(C(=O)C(F)(F)F)nc2Cl. The number of ketones is 1. The second kappa shape index (κ2) is 6.19. The molecule has 118 valence electrons. The quantitative estimate of drug-likeness (QED) is 0.670. The number of Topliss-reactive ketones (excluding diaryl/α,β-unsaturated/α-hetero) is 1. The van der Waals surface area contributed by atoms with E-state index in [9.17, 15) is 18.0 Å². The molecule has 0 aliphatic carbocycles. The molecule has 21 heavy (non-hydrogen) atoms. The lowest BCUT2D eigenvalue weighted by Crippen LogP contribution is -2.33. The van der Waals surface area contributed by atoms with Crippen molar-refractivity contribution in [1.29, 1.82) is 0 Å². The number of hydrogen-bond acceptors (Lipinski definition) is 4. The van der Waals surface area contributed by atoms with Crippen molar-refractivity contribution in [1.82, 2.24) is 4.98 Å². The van der Waals surface area contributed by atoms with E-state index in [1.54, 1.807) is 6.92 Å². The van der Waals surface area contributed by atoms with Gasteiger partial charge in [0.15, 0.2) is 10.9 Å². The van der Waals surface area contributed by atoms with Crippen molar-refractivity contribution in [2.45, 2.75) is 32.4 Å². The Morgan fingerprint density at radius 1 is 1.52 bits per heavy atom. The van der Waals surface area contributed by atoms with Gasteiger partial charge in [-0.3, -0.25) is 4.79 Å². The smallest absolute Gasteiger partial charge is 0.456 e. The zero-order valence-electron chi connectivity index (χ0n) is 11.8. The van der Waals surface area contributed by atoms with Crippen LogP contribution in [-0.2, 0) is 5.41 Å². The summed E-state index contributed by atoms with van der Waals surface area (Å²) in [6.07, 6.45) is -5.00. The van der Waals surface area contributed by atoms with Crippen LogP contribution < -0.4 is 10.5 Å². The normalized spacial score (nSPS) is 20.2. The highest BCUT2D eigenvalue weighted by Gasteiger charge is 2.43. The fourth-order valence-corrected chi connectivity index (χ4v) is 2.07. The lowest BCUT2D eigenvalue weighted by molar-refractivity contribution is -0.0888. The molecule has 0 fully saturated rings. The van der Waals surface area contributed by atoms with Crippen LogP contribution in [0.1, 0.15) is 36.8 Å². The van der Waals surface area contributed by atoms with E-state index in [4.69, 9.17) is 22.1 Å². The first kappa shape index (κ1) is 17.7. The fraction of sp³-hybridized carbons (Fsp3) is 0.538. The highest BCUT2D eigenvalue weighted by Crippen LogP contribution is 2.42. The maximum absolute atomic E-state index is 12.4. The van der Waals surface area contributed by atoms with Crippen molar-refractivity contribution in [3.05, 3.63) is 22.5 Å². The number of carbonyl (C=O) groups excluding carboxylic acids is 1. The number of carbonyl (C=O) groups is 1. The van der Waals surface area contributed by atoms with E-state index in [0.29, 0.717) is 5.56 Å². The summed E-state index contributed by atoms with van der Waals surface area (Å²) in [7, 11) is 0. The van der Waals surface area contributed by atoms with Gasteiger partial charge in [-0.05, 0) is 6.07 Å². The molecule has 0 saturated heterocycles. The number of fused-ring (bicyclic) bond motifs is 1. The second-order valence-corrected chi connectivity index (χ2v) is 4.91. The molecule has 0 spiro atoms. The second-order valence-electron chi connectivity index (χ2n) is 4.56. The third-order valence-corrected chi connectivity index (χ3v) is 3.31. The summed E-state index contributed by atoms with van der Waals surface area (Å²) in [5, 5.41) is -0.262. The van der Waals surface area contributed by atoms with Crippen molar-refractivity contribution < 1.29 is 22.7 Å². The summed E-state index contributed by atoms with van der Waals surface area (Å²) >= 11 is 5.76. The van der Waals surface area contributed by atoms with E-state index >= 15 is 0 Å². The topological polar surface area (TPSA) is 65.2 Å². The molecule has 2 rings (SSSR count). The predicted molar refractivity (Wildman–Crippen MR) is 72.9 cm³/mol. The van der Waals surface area contributed by atoms with Crippen LogP contribution in [0.15, 0.2) is 6.07 Å². The van der Waals surface area contributed by atoms with Gasteiger partial charge < -0.3 is 10.5 Å². The lowest BCUT2D eigenvalue weighted by atomic mass is 9.85. The molecule has 8 heteroatoms. The van der Waals surface area contributed by atoms with Gasteiger partial charge in [-0.1, -0.05) is 32.4 Å². The standard InChI is InChI=1S/C11H10ClF3N2O2.C2H6/c1-10(3-16)4-19-7-5(10)2-6(17-9(7)12)8(18)11(13,14)15;1-2/h2H,3-4,16H2,1H3;1-2H3. The van der Waals surface area contributed by atoms with Gasteiger partial charge in [0.1, 0.15) is 5.69 Å². The highest BCUT2D eigenvalue weighted by atomic mass is 35.5. The number of ether oxygens (including phenoxy) is 1. The van der Waals surface area contributed by atoms with Crippen molar-refractivity contribution in [2.75, 3.05) is 13.2 Å². The molecule has 0 amide bonds. The molecule has 0 aromatic carbocycles. The van der Waals surface area contributed by atoms with Gasteiger partial charge in [-0.25, -0.2) is 4.98 Å². The summed E-state index contributed by atoms with van der Waals surface area (Å²) in [6, 6.07) is 1.05. The summed E-state index contributed by atoms with van der Waals surface area (Å²) < 4.78 is 42.5. The molecule has 1 atom stereocenters.